The zero-order chi connectivity index (χ0) is 13.5. The summed E-state index contributed by atoms with van der Waals surface area (Å²) in [4.78, 5) is 0.361. The number of ether oxygens (including phenoxy) is 2. The van der Waals surface area contributed by atoms with Crippen molar-refractivity contribution in [3.05, 3.63) is 54.0 Å². The Labute approximate surface area is 117 Å². The van der Waals surface area contributed by atoms with E-state index < -0.39 is 0 Å². The van der Waals surface area contributed by atoms with Crippen molar-refractivity contribution in [2.45, 2.75) is 6.61 Å². The van der Waals surface area contributed by atoms with Crippen molar-refractivity contribution in [2.75, 3.05) is 13.2 Å². The molecule has 2 rings (SSSR count). The monoisotopic (exact) mass is 277 g/mol. The summed E-state index contributed by atoms with van der Waals surface area (Å²) in [5.74, 6) is 1.53. The van der Waals surface area contributed by atoms with Gasteiger partial charge in [0.25, 0.3) is 0 Å². The summed E-state index contributed by atoms with van der Waals surface area (Å²) < 4.78 is 16.1. The van der Waals surface area contributed by atoms with E-state index in [-0.39, 0.29) is 0 Å². The van der Waals surface area contributed by atoms with Crippen LogP contribution in [0.25, 0.3) is 0 Å². The Hall–Kier alpha value is -1.85. The van der Waals surface area contributed by atoms with E-state index in [4.69, 9.17) is 31.8 Å². The standard InChI is InChI=1S/C14H15NO3S/c15-14(19)11-3-1-4-12(9-11)18-8-7-16-10-13-5-2-6-17-13/h1-6,9H,7-8,10H2,(H2,15,19). The van der Waals surface area contributed by atoms with Crippen molar-refractivity contribution in [3.63, 3.8) is 0 Å². The van der Waals surface area contributed by atoms with E-state index in [0.717, 1.165) is 17.1 Å². The van der Waals surface area contributed by atoms with Crippen LogP contribution in [0.3, 0.4) is 0 Å². The van der Waals surface area contributed by atoms with Gasteiger partial charge in [-0.1, -0.05) is 24.4 Å². The number of nitrogens with two attached hydrogens (primary N) is 1. The summed E-state index contributed by atoms with van der Waals surface area (Å²) in [5, 5.41) is 0. The minimum Gasteiger partial charge on any atom is -0.491 e. The number of benzene rings is 1. The first kappa shape index (κ1) is 13.6. The molecule has 0 aliphatic heterocycles. The van der Waals surface area contributed by atoms with Crippen LogP contribution in [0, 0.1) is 0 Å². The quantitative estimate of drug-likeness (QED) is 0.622. The van der Waals surface area contributed by atoms with Gasteiger partial charge in [0.2, 0.25) is 0 Å². The zero-order valence-electron chi connectivity index (χ0n) is 10.4. The minimum atomic E-state index is 0.361. The smallest absolute Gasteiger partial charge is 0.129 e. The van der Waals surface area contributed by atoms with Crippen LogP contribution in [0.4, 0.5) is 0 Å². The molecule has 0 radical (unpaired) electrons. The van der Waals surface area contributed by atoms with Gasteiger partial charge in [-0.2, -0.15) is 0 Å². The fourth-order valence-electron chi connectivity index (χ4n) is 1.53. The summed E-state index contributed by atoms with van der Waals surface area (Å²) in [6, 6.07) is 11.1. The predicted octanol–water partition coefficient (Wildman–Crippen LogP) is 2.51. The summed E-state index contributed by atoms with van der Waals surface area (Å²) >= 11 is 4.91. The minimum absolute atomic E-state index is 0.361. The van der Waals surface area contributed by atoms with Crippen LogP contribution in [-0.4, -0.2) is 18.2 Å². The maximum absolute atomic E-state index is 5.55. The number of hydrogen-bond donors (Lipinski definition) is 1. The lowest BCUT2D eigenvalue weighted by molar-refractivity contribution is 0.0781. The Morgan fingerprint density at radius 2 is 2.11 bits per heavy atom. The largest absolute Gasteiger partial charge is 0.491 e. The van der Waals surface area contributed by atoms with Gasteiger partial charge in [-0.25, -0.2) is 0 Å². The van der Waals surface area contributed by atoms with Crippen LogP contribution in [0.1, 0.15) is 11.3 Å². The number of furan rings is 1. The van der Waals surface area contributed by atoms with Gasteiger partial charge in [0.15, 0.2) is 0 Å². The Bertz CT molecular complexity index is 525. The van der Waals surface area contributed by atoms with E-state index in [9.17, 15) is 0 Å². The molecule has 2 aromatic rings. The lowest BCUT2D eigenvalue weighted by Crippen LogP contribution is -2.10. The van der Waals surface area contributed by atoms with Gasteiger partial charge in [-0.15, -0.1) is 0 Å². The van der Waals surface area contributed by atoms with Gasteiger partial charge in [0.05, 0.1) is 12.9 Å². The van der Waals surface area contributed by atoms with E-state index in [1.807, 2.05) is 36.4 Å². The Morgan fingerprint density at radius 1 is 1.21 bits per heavy atom. The van der Waals surface area contributed by atoms with Crippen LogP contribution in [0.15, 0.2) is 47.1 Å². The van der Waals surface area contributed by atoms with E-state index in [1.165, 1.54) is 0 Å². The highest BCUT2D eigenvalue weighted by atomic mass is 32.1. The topological polar surface area (TPSA) is 57.6 Å². The molecule has 0 spiro atoms. The molecule has 0 aliphatic rings. The van der Waals surface area contributed by atoms with Gasteiger partial charge < -0.3 is 19.6 Å². The second-order valence-electron chi connectivity index (χ2n) is 3.87. The first-order valence-corrected chi connectivity index (χ1v) is 6.29. The fraction of sp³-hybridized carbons (Fsp3) is 0.214. The van der Waals surface area contributed by atoms with Crippen LogP contribution in [0.2, 0.25) is 0 Å². The van der Waals surface area contributed by atoms with Crippen LogP contribution in [0.5, 0.6) is 5.75 Å². The van der Waals surface area contributed by atoms with Crippen molar-refractivity contribution in [1.82, 2.24) is 0 Å². The molecule has 0 bridgehead atoms. The normalized spacial score (nSPS) is 10.3. The van der Waals surface area contributed by atoms with Crippen molar-refractivity contribution < 1.29 is 13.9 Å². The van der Waals surface area contributed by atoms with Gasteiger partial charge in [-0.05, 0) is 24.3 Å². The predicted molar refractivity (Wildman–Crippen MR) is 76.2 cm³/mol. The lowest BCUT2D eigenvalue weighted by atomic mass is 10.2. The van der Waals surface area contributed by atoms with E-state index in [2.05, 4.69) is 0 Å². The Kier molecular flexibility index (Phi) is 4.94. The van der Waals surface area contributed by atoms with E-state index >= 15 is 0 Å². The maximum atomic E-state index is 5.55. The highest BCUT2D eigenvalue weighted by Gasteiger charge is 2.00. The molecule has 0 unspecified atom stereocenters. The molecule has 0 aliphatic carbocycles. The third-order valence-corrected chi connectivity index (χ3v) is 2.68. The third kappa shape index (κ3) is 4.39. The van der Waals surface area contributed by atoms with E-state index in [1.54, 1.807) is 6.26 Å². The van der Waals surface area contributed by atoms with Gasteiger partial charge in [0, 0.05) is 5.56 Å². The summed E-state index contributed by atoms with van der Waals surface area (Å²) in [5.41, 5.74) is 6.35. The van der Waals surface area contributed by atoms with E-state index in [0.29, 0.717) is 24.8 Å². The average molecular weight is 277 g/mol. The SMILES string of the molecule is NC(=S)c1cccc(OCCOCc2ccco2)c1. The zero-order valence-corrected chi connectivity index (χ0v) is 11.2. The van der Waals surface area contributed by atoms with Crippen molar-refractivity contribution in [1.29, 1.82) is 0 Å². The highest BCUT2D eigenvalue weighted by molar-refractivity contribution is 7.80. The second kappa shape index (κ2) is 6.92. The highest BCUT2D eigenvalue weighted by Crippen LogP contribution is 2.13. The molecule has 1 aromatic carbocycles. The molecular formula is C14H15NO3S. The second-order valence-corrected chi connectivity index (χ2v) is 4.31. The molecule has 1 aromatic heterocycles. The van der Waals surface area contributed by atoms with Crippen LogP contribution in [-0.2, 0) is 11.3 Å². The summed E-state index contributed by atoms with van der Waals surface area (Å²) in [6.45, 7) is 1.39. The first-order chi connectivity index (χ1) is 9.25. The molecule has 19 heavy (non-hydrogen) atoms. The molecule has 0 saturated heterocycles. The summed E-state index contributed by atoms with van der Waals surface area (Å²) in [6.07, 6.45) is 1.62. The molecule has 0 fully saturated rings. The maximum Gasteiger partial charge on any atom is 0.129 e. The summed E-state index contributed by atoms with van der Waals surface area (Å²) in [7, 11) is 0. The van der Waals surface area contributed by atoms with Gasteiger partial charge in [-0.3, -0.25) is 0 Å². The molecule has 0 saturated carbocycles. The molecule has 100 valence electrons. The van der Waals surface area contributed by atoms with Crippen molar-refractivity contribution >= 4 is 17.2 Å². The molecule has 0 atom stereocenters. The van der Waals surface area contributed by atoms with Gasteiger partial charge in [0.1, 0.15) is 29.7 Å². The first-order valence-electron chi connectivity index (χ1n) is 5.88. The number of rotatable bonds is 7. The molecule has 1 heterocycles. The lowest BCUT2D eigenvalue weighted by Gasteiger charge is -2.07. The molecule has 4 nitrogen and oxygen atoms in total. The fourth-order valence-corrected chi connectivity index (χ4v) is 1.65. The molecular weight excluding hydrogens is 262 g/mol. The molecule has 5 heteroatoms. The number of hydrogen-bond acceptors (Lipinski definition) is 4. The molecule has 2 N–H and O–H groups in total. The molecule has 0 amide bonds. The average Bonchev–Trinajstić information content (AvgIpc) is 2.92. The van der Waals surface area contributed by atoms with Crippen LogP contribution < -0.4 is 10.5 Å². The van der Waals surface area contributed by atoms with Gasteiger partial charge >= 0.3 is 0 Å². The number of thiocarbonyl (C=S) groups is 1. The Morgan fingerprint density at radius 3 is 2.84 bits per heavy atom. The Balaban J connectivity index is 1.70. The van der Waals surface area contributed by atoms with Crippen molar-refractivity contribution in [2.24, 2.45) is 5.73 Å². The van der Waals surface area contributed by atoms with Crippen LogP contribution >= 0.6 is 12.2 Å². The van der Waals surface area contributed by atoms with Crippen molar-refractivity contribution in [3.8, 4) is 5.75 Å². The third-order valence-electron chi connectivity index (χ3n) is 2.44.